The molecule has 0 aromatic heterocycles. The normalized spacial score (nSPS) is 31.5. The molecule has 0 aliphatic heterocycles. The van der Waals surface area contributed by atoms with Gasteiger partial charge in [0.1, 0.15) is 6.04 Å². The fraction of sp³-hybridized carbons (Fsp3) is 0.875. The van der Waals surface area contributed by atoms with Gasteiger partial charge in [0.15, 0.2) is 0 Å². The minimum Gasteiger partial charge on any atom is -0.480 e. The summed E-state index contributed by atoms with van der Waals surface area (Å²) in [7, 11) is 0. The van der Waals surface area contributed by atoms with Crippen LogP contribution in [0.1, 0.15) is 26.2 Å². The maximum atomic E-state index is 10.4. The molecular weight excluding hydrogens is 142 g/mol. The highest BCUT2D eigenvalue weighted by atomic mass is 16.4. The first-order valence-corrected chi connectivity index (χ1v) is 4.15. The zero-order valence-electron chi connectivity index (χ0n) is 6.79. The first kappa shape index (κ1) is 8.53. The summed E-state index contributed by atoms with van der Waals surface area (Å²) < 4.78 is 0. The number of aliphatic carboxylic acids is 1. The number of hydrogen-bond acceptors (Lipinski definition) is 2. The number of carboxylic acid groups (broad SMARTS) is 1. The number of carbonyl (C=O) groups is 1. The van der Waals surface area contributed by atoms with Crippen molar-refractivity contribution in [3.05, 3.63) is 0 Å². The Labute approximate surface area is 66.6 Å². The standard InChI is InChI=1S/C8H15NO2/c1-2-3-5-4-6(5)7(9)8(10)11/h5-7H,2-4,9H2,1H3,(H,10,11)/t5?,6?,7-/m0/s1. The SMILES string of the molecule is CCCC1CC1[C@H](N)C(=O)O. The maximum absolute atomic E-state index is 10.4. The van der Waals surface area contributed by atoms with Crippen LogP contribution in [0.3, 0.4) is 0 Å². The van der Waals surface area contributed by atoms with Gasteiger partial charge in [-0.05, 0) is 18.3 Å². The second-order valence-corrected chi connectivity index (χ2v) is 3.31. The van der Waals surface area contributed by atoms with E-state index in [0.29, 0.717) is 5.92 Å². The Morgan fingerprint density at radius 2 is 2.45 bits per heavy atom. The molecule has 0 aromatic carbocycles. The van der Waals surface area contributed by atoms with Crippen LogP contribution >= 0.6 is 0 Å². The third-order valence-electron chi connectivity index (χ3n) is 2.38. The topological polar surface area (TPSA) is 63.3 Å². The lowest BCUT2D eigenvalue weighted by atomic mass is 10.1. The van der Waals surface area contributed by atoms with Crippen molar-refractivity contribution in [2.75, 3.05) is 0 Å². The van der Waals surface area contributed by atoms with Crippen LogP contribution in [0.4, 0.5) is 0 Å². The van der Waals surface area contributed by atoms with Crippen molar-refractivity contribution in [3.8, 4) is 0 Å². The Bertz CT molecular complexity index is 158. The lowest BCUT2D eigenvalue weighted by molar-refractivity contribution is -0.139. The van der Waals surface area contributed by atoms with E-state index in [1.807, 2.05) is 0 Å². The summed E-state index contributed by atoms with van der Waals surface area (Å²) in [6.45, 7) is 2.11. The van der Waals surface area contributed by atoms with Crippen LogP contribution in [-0.2, 0) is 4.79 Å². The van der Waals surface area contributed by atoms with Crippen LogP contribution in [0.5, 0.6) is 0 Å². The third-order valence-corrected chi connectivity index (χ3v) is 2.38. The lowest BCUT2D eigenvalue weighted by Crippen LogP contribution is -2.32. The van der Waals surface area contributed by atoms with E-state index in [0.717, 1.165) is 19.3 Å². The third kappa shape index (κ3) is 1.93. The average molecular weight is 157 g/mol. The van der Waals surface area contributed by atoms with Gasteiger partial charge in [-0.3, -0.25) is 4.79 Å². The van der Waals surface area contributed by atoms with Gasteiger partial charge < -0.3 is 10.8 Å². The van der Waals surface area contributed by atoms with E-state index in [1.54, 1.807) is 0 Å². The van der Waals surface area contributed by atoms with Crippen LogP contribution in [0.25, 0.3) is 0 Å². The smallest absolute Gasteiger partial charge is 0.320 e. The van der Waals surface area contributed by atoms with Crippen molar-refractivity contribution in [2.45, 2.75) is 32.2 Å². The van der Waals surface area contributed by atoms with Gasteiger partial charge in [-0.25, -0.2) is 0 Å². The molecule has 0 aromatic rings. The zero-order chi connectivity index (χ0) is 8.43. The summed E-state index contributed by atoms with van der Waals surface area (Å²) in [6.07, 6.45) is 3.28. The quantitative estimate of drug-likeness (QED) is 0.635. The molecule has 11 heavy (non-hydrogen) atoms. The molecule has 0 spiro atoms. The van der Waals surface area contributed by atoms with E-state index >= 15 is 0 Å². The molecule has 64 valence electrons. The van der Waals surface area contributed by atoms with E-state index in [-0.39, 0.29) is 5.92 Å². The number of hydrogen-bond donors (Lipinski definition) is 2. The van der Waals surface area contributed by atoms with Crippen molar-refractivity contribution in [1.82, 2.24) is 0 Å². The summed E-state index contributed by atoms with van der Waals surface area (Å²) in [4.78, 5) is 10.4. The lowest BCUT2D eigenvalue weighted by Gasteiger charge is -2.03. The van der Waals surface area contributed by atoms with Crippen molar-refractivity contribution >= 4 is 5.97 Å². The molecule has 2 unspecified atom stereocenters. The van der Waals surface area contributed by atoms with Crippen molar-refractivity contribution < 1.29 is 9.90 Å². The molecule has 3 atom stereocenters. The van der Waals surface area contributed by atoms with Gasteiger partial charge in [-0.15, -0.1) is 0 Å². The summed E-state index contributed by atoms with van der Waals surface area (Å²) in [5.74, 6) is -0.00727. The Hall–Kier alpha value is -0.570. The summed E-state index contributed by atoms with van der Waals surface area (Å²) in [6, 6.07) is -0.619. The molecule has 1 saturated carbocycles. The predicted octanol–water partition coefficient (Wildman–Crippen LogP) is 0.834. The number of rotatable bonds is 4. The highest BCUT2D eigenvalue weighted by Crippen LogP contribution is 2.43. The molecule has 0 heterocycles. The minimum atomic E-state index is -0.853. The monoisotopic (exact) mass is 157 g/mol. The van der Waals surface area contributed by atoms with Crippen LogP contribution in [-0.4, -0.2) is 17.1 Å². The van der Waals surface area contributed by atoms with Gasteiger partial charge in [0.25, 0.3) is 0 Å². The maximum Gasteiger partial charge on any atom is 0.320 e. The summed E-state index contributed by atoms with van der Waals surface area (Å²) in [5.41, 5.74) is 5.44. The number of carboxylic acids is 1. The Kier molecular flexibility index (Phi) is 2.49. The first-order chi connectivity index (χ1) is 5.16. The van der Waals surface area contributed by atoms with E-state index < -0.39 is 12.0 Å². The van der Waals surface area contributed by atoms with Crippen LogP contribution in [0, 0.1) is 11.8 Å². The molecule has 1 rings (SSSR count). The number of nitrogens with two attached hydrogens (primary N) is 1. The summed E-state index contributed by atoms with van der Waals surface area (Å²) in [5, 5.41) is 8.55. The zero-order valence-corrected chi connectivity index (χ0v) is 6.79. The molecule has 1 aliphatic rings. The predicted molar refractivity (Wildman–Crippen MR) is 42.1 cm³/mol. The van der Waals surface area contributed by atoms with Gasteiger partial charge >= 0.3 is 5.97 Å². The molecule has 3 heteroatoms. The van der Waals surface area contributed by atoms with E-state index in [4.69, 9.17) is 10.8 Å². The van der Waals surface area contributed by atoms with Gasteiger partial charge in [0.2, 0.25) is 0 Å². The van der Waals surface area contributed by atoms with Crippen molar-refractivity contribution in [1.29, 1.82) is 0 Å². The molecule has 0 radical (unpaired) electrons. The van der Waals surface area contributed by atoms with E-state index in [9.17, 15) is 4.79 Å². The largest absolute Gasteiger partial charge is 0.480 e. The molecule has 0 amide bonds. The Balaban J connectivity index is 2.26. The summed E-state index contributed by atoms with van der Waals surface area (Å²) >= 11 is 0. The fourth-order valence-electron chi connectivity index (χ4n) is 1.60. The first-order valence-electron chi connectivity index (χ1n) is 4.15. The van der Waals surface area contributed by atoms with Crippen molar-refractivity contribution in [3.63, 3.8) is 0 Å². The highest BCUT2D eigenvalue weighted by Gasteiger charge is 2.43. The molecular formula is C8H15NO2. The molecule has 3 N–H and O–H groups in total. The van der Waals surface area contributed by atoms with E-state index in [2.05, 4.69) is 6.92 Å². The van der Waals surface area contributed by atoms with Gasteiger partial charge in [-0.2, -0.15) is 0 Å². The van der Waals surface area contributed by atoms with E-state index in [1.165, 1.54) is 0 Å². The molecule has 3 nitrogen and oxygen atoms in total. The average Bonchev–Trinajstić information content (AvgIpc) is 2.67. The minimum absolute atomic E-state index is 0.257. The van der Waals surface area contributed by atoms with Gasteiger partial charge in [0, 0.05) is 0 Å². The highest BCUT2D eigenvalue weighted by molar-refractivity contribution is 5.74. The second-order valence-electron chi connectivity index (χ2n) is 3.31. The van der Waals surface area contributed by atoms with Crippen LogP contribution < -0.4 is 5.73 Å². The van der Waals surface area contributed by atoms with Crippen LogP contribution in [0.15, 0.2) is 0 Å². The fourth-order valence-corrected chi connectivity index (χ4v) is 1.60. The Morgan fingerprint density at radius 3 is 2.91 bits per heavy atom. The van der Waals surface area contributed by atoms with Crippen molar-refractivity contribution in [2.24, 2.45) is 17.6 Å². The van der Waals surface area contributed by atoms with Crippen LogP contribution in [0.2, 0.25) is 0 Å². The molecule has 1 aliphatic carbocycles. The molecule has 1 fully saturated rings. The second kappa shape index (κ2) is 3.22. The Morgan fingerprint density at radius 1 is 1.82 bits per heavy atom. The van der Waals surface area contributed by atoms with Gasteiger partial charge in [-0.1, -0.05) is 19.8 Å². The molecule has 0 bridgehead atoms. The van der Waals surface area contributed by atoms with Gasteiger partial charge in [0.05, 0.1) is 0 Å². The molecule has 0 saturated heterocycles.